The van der Waals surface area contributed by atoms with E-state index in [1.165, 1.54) is 0 Å². The zero-order valence-corrected chi connectivity index (χ0v) is 15.9. The van der Waals surface area contributed by atoms with Crippen molar-refractivity contribution in [2.45, 2.75) is 30.7 Å². The zero-order chi connectivity index (χ0) is 17.9. The fourth-order valence-corrected chi connectivity index (χ4v) is 2.49. The van der Waals surface area contributed by atoms with Crippen molar-refractivity contribution in [3.63, 3.8) is 0 Å². The molecule has 0 aliphatic rings. The highest BCUT2D eigenvalue weighted by atomic mass is 35.6. The van der Waals surface area contributed by atoms with Gasteiger partial charge in [-0.05, 0) is 50.1 Å². The van der Waals surface area contributed by atoms with Crippen LogP contribution in [0.2, 0.25) is 0 Å². The predicted octanol–water partition coefficient (Wildman–Crippen LogP) is 5.15. The lowest BCUT2D eigenvalue weighted by Gasteiger charge is -2.28. The molecule has 0 unspecified atom stereocenters. The predicted molar refractivity (Wildman–Crippen MR) is 102 cm³/mol. The van der Waals surface area contributed by atoms with E-state index in [1.807, 2.05) is 51.1 Å². The van der Waals surface area contributed by atoms with Gasteiger partial charge in [0.25, 0.3) is 5.91 Å². The Balaban J connectivity index is 2.21. The number of amides is 1. The molecule has 0 fully saturated rings. The maximum absolute atomic E-state index is 12.4. The summed E-state index contributed by atoms with van der Waals surface area (Å²) in [5.74, 6) is -0.316. The molecule has 128 valence electrons. The third kappa shape index (κ3) is 5.04. The highest BCUT2D eigenvalue weighted by Gasteiger charge is 2.34. The molecule has 0 aliphatic carbocycles. The molecule has 0 aliphatic heterocycles. The van der Waals surface area contributed by atoms with Gasteiger partial charge in [0.05, 0.1) is 0 Å². The second-order valence-electron chi connectivity index (χ2n) is 5.78. The van der Waals surface area contributed by atoms with Crippen molar-refractivity contribution in [2.24, 2.45) is 0 Å². The topological polar surface area (TPSA) is 41.1 Å². The van der Waals surface area contributed by atoms with Crippen molar-refractivity contribution in [1.29, 1.82) is 0 Å². The van der Waals surface area contributed by atoms with E-state index in [-0.39, 0.29) is 5.91 Å². The van der Waals surface area contributed by atoms with Gasteiger partial charge in [0.1, 0.15) is 6.17 Å². The third-order valence-electron chi connectivity index (χ3n) is 3.61. The van der Waals surface area contributed by atoms with Crippen LogP contribution < -0.4 is 10.6 Å². The summed E-state index contributed by atoms with van der Waals surface area (Å²) in [6.45, 7) is 5.87. The molecule has 1 atom stereocenters. The highest BCUT2D eigenvalue weighted by Crippen LogP contribution is 2.32. The van der Waals surface area contributed by atoms with Gasteiger partial charge in [-0.15, -0.1) is 0 Å². The van der Waals surface area contributed by atoms with Crippen molar-refractivity contribution >= 4 is 46.4 Å². The minimum absolute atomic E-state index is 0.316. The molecule has 0 radical (unpaired) electrons. The fourth-order valence-electron chi connectivity index (χ4n) is 2.17. The van der Waals surface area contributed by atoms with E-state index in [4.69, 9.17) is 34.8 Å². The monoisotopic (exact) mass is 384 g/mol. The van der Waals surface area contributed by atoms with E-state index in [1.54, 1.807) is 12.1 Å². The van der Waals surface area contributed by atoms with Crippen LogP contribution in [0.1, 0.15) is 27.0 Å². The number of alkyl halides is 3. The number of halogens is 3. The van der Waals surface area contributed by atoms with Crippen LogP contribution in [-0.4, -0.2) is 15.9 Å². The largest absolute Gasteiger partial charge is 0.362 e. The summed E-state index contributed by atoms with van der Waals surface area (Å²) in [5, 5.41) is 5.85. The molecule has 2 rings (SSSR count). The average Bonchev–Trinajstić information content (AvgIpc) is 2.49. The summed E-state index contributed by atoms with van der Waals surface area (Å²) in [6.07, 6.45) is -0.878. The maximum Gasteiger partial charge on any atom is 0.252 e. The molecule has 0 bridgehead atoms. The molecule has 1 amide bonds. The number of nitrogens with one attached hydrogen (secondary N) is 2. The van der Waals surface area contributed by atoms with E-state index in [0.717, 1.165) is 22.4 Å². The quantitative estimate of drug-likeness (QED) is 0.564. The zero-order valence-electron chi connectivity index (χ0n) is 13.7. The molecule has 3 nitrogen and oxygen atoms in total. The lowest BCUT2D eigenvalue weighted by atomic mass is 10.1. The second-order valence-corrected chi connectivity index (χ2v) is 8.15. The van der Waals surface area contributed by atoms with Gasteiger partial charge in [0.2, 0.25) is 3.79 Å². The van der Waals surface area contributed by atoms with Crippen molar-refractivity contribution in [2.75, 3.05) is 5.32 Å². The van der Waals surface area contributed by atoms with Gasteiger partial charge in [-0.25, -0.2) is 0 Å². The Labute approximate surface area is 157 Å². The molecule has 0 saturated carbocycles. The molecular weight excluding hydrogens is 367 g/mol. The van der Waals surface area contributed by atoms with Crippen LogP contribution in [-0.2, 0) is 0 Å². The number of carbonyl (C=O) groups excluding carboxylic acids is 1. The third-order valence-corrected chi connectivity index (χ3v) is 4.26. The van der Waals surface area contributed by atoms with Crippen molar-refractivity contribution in [1.82, 2.24) is 5.32 Å². The molecule has 0 aromatic heterocycles. The van der Waals surface area contributed by atoms with Crippen LogP contribution in [0.15, 0.2) is 42.5 Å². The van der Waals surface area contributed by atoms with E-state index in [2.05, 4.69) is 10.6 Å². The summed E-state index contributed by atoms with van der Waals surface area (Å²) in [5.41, 5.74) is 4.43. The standard InChI is InChI=1S/C18H19Cl3N2O/c1-11-5-8-14(9-6-11)16(24)23-17(18(19,20)21)22-15-10-12(2)4-7-13(15)3/h4-10,17,22H,1-3H3,(H,23,24)/t17-/m0/s1. The van der Waals surface area contributed by atoms with Crippen molar-refractivity contribution < 1.29 is 4.79 Å². The van der Waals surface area contributed by atoms with E-state index < -0.39 is 9.96 Å². The van der Waals surface area contributed by atoms with Gasteiger partial charge >= 0.3 is 0 Å². The lowest BCUT2D eigenvalue weighted by molar-refractivity contribution is 0.0942. The molecular formula is C18H19Cl3N2O. The van der Waals surface area contributed by atoms with Crippen LogP contribution in [0.5, 0.6) is 0 Å². The summed E-state index contributed by atoms with van der Waals surface area (Å²) in [4.78, 5) is 12.4. The van der Waals surface area contributed by atoms with Gasteiger partial charge in [0.15, 0.2) is 0 Å². The van der Waals surface area contributed by atoms with Gasteiger partial charge in [-0.2, -0.15) is 0 Å². The molecule has 0 spiro atoms. The molecule has 24 heavy (non-hydrogen) atoms. The number of hydrogen-bond acceptors (Lipinski definition) is 2. The fraction of sp³-hybridized carbons (Fsp3) is 0.278. The van der Waals surface area contributed by atoms with Gasteiger partial charge in [-0.1, -0.05) is 64.6 Å². The van der Waals surface area contributed by atoms with Crippen molar-refractivity contribution in [3.8, 4) is 0 Å². The number of aryl methyl sites for hydroxylation is 3. The first kappa shape index (κ1) is 18.9. The Morgan fingerprint density at radius 1 is 0.958 bits per heavy atom. The summed E-state index contributed by atoms with van der Waals surface area (Å²) >= 11 is 18.2. The summed E-state index contributed by atoms with van der Waals surface area (Å²) in [6, 6.07) is 13.1. The maximum atomic E-state index is 12.4. The van der Waals surface area contributed by atoms with Crippen LogP contribution >= 0.6 is 34.8 Å². The minimum atomic E-state index is -1.71. The minimum Gasteiger partial charge on any atom is -0.362 e. The Morgan fingerprint density at radius 3 is 2.12 bits per heavy atom. The number of benzene rings is 2. The molecule has 0 heterocycles. The lowest BCUT2D eigenvalue weighted by Crippen LogP contribution is -2.49. The number of hydrogen-bond donors (Lipinski definition) is 2. The Hall–Kier alpha value is -1.42. The smallest absolute Gasteiger partial charge is 0.252 e. The number of anilines is 1. The van der Waals surface area contributed by atoms with Gasteiger partial charge in [0, 0.05) is 11.3 Å². The molecule has 6 heteroatoms. The second kappa shape index (κ2) is 7.64. The SMILES string of the molecule is Cc1ccc(C(=O)N[C@H](Nc2cc(C)ccc2C)C(Cl)(Cl)Cl)cc1. The van der Waals surface area contributed by atoms with E-state index >= 15 is 0 Å². The summed E-state index contributed by atoms with van der Waals surface area (Å²) in [7, 11) is 0. The first-order valence-electron chi connectivity index (χ1n) is 7.45. The van der Waals surface area contributed by atoms with Crippen LogP contribution in [0.4, 0.5) is 5.69 Å². The summed E-state index contributed by atoms with van der Waals surface area (Å²) < 4.78 is -1.71. The van der Waals surface area contributed by atoms with E-state index in [9.17, 15) is 4.79 Å². The Bertz CT molecular complexity index is 724. The molecule has 2 aromatic rings. The van der Waals surface area contributed by atoms with Gasteiger partial charge < -0.3 is 10.6 Å². The van der Waals surface area contributed by atoms with E-state index in [0.29, 0.717) is 5.56 Å². The van der Waals surface area contributed by atoms with Crippen LogP contribution in [0, 0.1) is 20.8 Å². The highest BCUT2D eigenvalue weighted by molar-refractivity contribution is 6.68. The Morgan fingerprint density at radius 2 is 1.54 bits per heavy atom. The first-order valence-corrected chi connectivity index (χ1v) is 8.58. The molecule has 0 saturated heterocycles. The number of rotatable bonds is 4. The number of carbonyl (C=O) groups is 1. The van der Waals surface area contributed by atoms with Crippen LogP contribution in [0.25, 0.3) is 0 Å². The van der Waals surface area contributed by atoms with Crippen molar-refractivity contribution in [3.05, 3.63) is 64.7 Å². The molecule has 2 N–H and O–H groups in total. The van der Waals surface area contributed by atoms with Crippen LogP contribution in [0.3, 0.4) is 0 Å². The first-order chi connectivity index (χ1) is 11.2. The Kier molecular flexibility index (Phi) is 6.02. The normalized spacial score (nSPS) is 12.6. The molecule has 2 aromatic carbocycles. The van der Waals surface area contributed by atoms with Gasteiger partial charge in [-0.3, -0.25) is 4.79 Å². The average molecular weight is 386 g/mol.